The van der Waals surface area contributed by atoms with Crippen molar-refractivity contribution in [3.8, 4) is 12.3 Å². The van der Waals surface area contributed by atoms with Gasteiger partial charge in [0.25, 0.3) is 0 Å². The predicted octanol–water partition coefficient (Wildman–Crippen LogP) is 0.267. The Labute approximate surface area is 95.4 Å². The summed E-state index contributed by atoms with van der Waals surface area (Å²) in [6.45, 7) is 1.43. The minimum Gasteiger partial charge on any atom is -0.394 e. The number of rotatable bonds is 4. The van der Waals surface area contributed by atoms with Gasteiger partial charge in [0.1, 0.15) is 6.04 Å². The Morgan fingerprint density at radius 2 is 2.00 bits per heavy atom. The summed E-state index contributed by atoms with van der Waals surface area (Å²) < 4.78 is 25.7. The minimum absolute atomic E-state index is 0.131. The molecule has 0 fully saturated rings. The van der Waals surface area contributed by atoms with Gasteiger partial charge < -0.3 is 5.11 Å². The van der Waals surface area contributed by atoms with Crippen LogP contribution < -0.4 is 4.72 Å². The third-order valence-corrected chi connectivity index (χ3v) is 3.50. The van der Waals surface area contributed by atoms with Crippen LogP contribution in [0.3, 0.4) is 0 Å². The molecule has 0 aliphatic rings. The number of aryl methyl sites for hydroxylation is 1. The summed E-state index contributed by atoms with van der Waals surface area (Å²) in [6.07, 6.45) is 5.06. The maximum absolute atomic E-state index is 11.8. The van der Waals surface area contributed by atoms with Crippen LogP contribution in [0, 0.1) is 19.3 Å². The third-order valence-electron chi connectivity index (χ3n) is 2.01. The van der Waals surface area contributed by atoms with Crippen LogP contribution >= 0.6 is 0 Å². The van der Waals surface area contributed by atoms with Gasteiger partial charge in [-0.25, -0.2) is 8.42 Å². The second kappa shape index (κ2) is 5.12. The Morgan fingerprint density at radius 3 is 2.44 bits per heavy atom. The van der Waals surface area contributed by atoms with E-state index in [2.05, 4.69) is 10.6 Å². The highest BCUT2D eigenvalue weighted by atomic mass is 32.2. The van der Waals surface area contributed by atoms with Crippen LogP contribution in [0.5, 0.6) is 0 Å². The average Bonchev–Trinajstić information content (AvgIpc) is 2.26. The smallest absolute Gasteiger partial charge is 0.241 e. The van der Waals surface area contributed by atoms with Crippen LogP contribution in [0.2, 0.25) is 0 Å². The first-order chi connectivity index (χ1) is 7.49. The van der Waals surface area contributed by atoms with Crippen molar-refractivity contribution in [2.45, 2.75) is 17.9 Å². The van der Waals surface area contributed by atoms with E-state index in [9.17, 15) is 8.42 Å². The molecule has 0 saturated carbocycles. The first kappa shape index (κ1) is 12.7. The third kappa shape index (κ3) is 3.07. The highest BCUT2D eigenvalue weighted by molar-refractivity contribution is 7.89. The Hall–Kier alpha value is -1.35. The molecule has 0 saturated heterocycles. The van der Waals surface area contributed by atoms with Crippen molar-refractivity contribution in [1.29, 1.82) is 0 Å². The average molecular weight is 239 g/mol. The van der Waals surface area contributed by atoms with Crippen LogP contribution in [0.4, 0.5) is 0 Å². The number of hydrogen-bond acceptors (Lipinski definition) is 3. The van der Waals surface area contributed by atoms with E-state index in [1.54, 1.807) is 12.1 Å². The Bertz CT molecular complexity index is 485. The lowest BCUT2D eigenvalue weighted by atomic mass is 10.2. The fourth-order valence-corrected chi connectivity index (χ4v) is 2.24. The molecule has 1 rings (SSSR count). The lowest BCUT2D eigenvalue weighted by Gasteiger charge is -2.10. The first-order valence-corrected chi connectivity index (χ1v) is 6.14. The molecule has 0 heterocycles. The summed E-state index contributed by atoms with van der Waals surface area (Å²) in [5.74, 6) is 2.15. The largest absolute Gasteiger partial charge is 0.394 e. The first-order valence-electron chi connectivity index (χ1n) is 4.65. The van der Waals surface area contributed by atoms with Crippen molar-refractivity contribution < 1.29 is 13.5 Å². The lowest BCUT2D eigenvalue weighted by Crippen LogP contribution is -2.36. The zero-order valence-electron chi connectivity index (χ0n) is 8.84. The molecular weight excluding hydrogens is 226 g/mol. The fourth-order valence-electron chi connectivity index (χ4n) is 1.10. The van der Waals surface area contributed by atoms with Gasteiger partial charge in [0.05, 0.1) is 11.5 Å². The quantitative estimate of drug-likeness (QED) is 0.741. The number of nitrogens with one attached hydrogen (secondary N) is 1. The van der Waals surface area contributed by atoms with Crippen LogP contribution in [0.25, 0.3) is 0 Å². The molecule has 0 radical (unpaired) electrons. The molecule has 0 aromatic heterocycles. The van der Waals surface area contributed by atoms with E-state index >= 15 is 0 Å². The van der Waals surface area contributed by atoms with Gasteiger partial charge >= 0.3 is 0 Å². The van der Waals surface area contributed by atoms with E-state index in [0.717, 1.165) is 5.56 Å². The van der Waals surface area contributed by atoms with E-state index in [4.69, 9.17) is 11.5 Å². The maximum Gasteiger partial charge on any atom is 0.241 e. The van der Waals surface area contributed by atoms with Crippen LogP contribution in [-0.4, -0.2) is 26.2 Å². The van der Waals surface area contributed by atoms with Gasteiger partial charge in [0, 0.05) is 0 Å². The van der Waals surface area contributed by atoms with Crippen molar-refractivity contribution in [2.75, 3.05) is 6.61 Å². The van der Waals surface area contributed by atoms with Gasteiger partial charge in [-0.1, -0.05) is 23.6 Å². The van der Waals surface area contributed by atoms with Crippen molar-refractivity contribution >= 4 is 10.0 Å². The van der Waals surface area contributed by atoms with Crippen molar-refractivity contribution in [1.82, 2.24) is 4.72 Å². The van der Waals surface area contributed by atoms with E-state index in [1.165, 1.54) is 12.1 Å². The molecule has 2 N–H and O–H groups in total. The number of benzene rings is 1. The van der Waals surface area contributed by atoms with Crippen molar-refractivity contribution in [3.63, 3.8) is 0 Å². The van der Waals surface area contributed by atoms with Gasteiger partial charge in [-0.2, -0.15) is 4.72 Å². The van der Waals surface area contributed by atoms with Gasteiger partial charge in [-0.15, -0.1) is 6.42 Å². The summed E-state index contributed by atoms with van der Waals surface area (Å²) in [5, 5.41) is 8.81. The Morgan fingerprint density at radius 1 is 1.44 bits per heavy atom. The second-order valence-electron chi connectivity index (χ2n) is 3.34. The van der Waals surface area contributed by atoms with Crippen LogP contribution in [-0.2, 0) is 10.0 Å². The zero-order chi connectivity index (χ0) is 12.2. The number of sulfonamides is 1. The summed E-state index contributed by atoms with van der Waals surface area (Å²) in [6, 6.07) is 5.47. The van der Waals surface area contributed by atoms with Crippen molar-refractivity contribution in [2.24, 2.45) is 0 Å². The maximum atomic E-state index is 11.8. The monoisotopic (exact) mass is 239 g/mol. The summed E-state index contributed by atoms with van der Waals surface area (Å²) in [5.41, 5.74) is 0.967. The van der Waals surface area contributed by atoms with E-state index in [0.29, 0.717) is 0 Å². The van der Waals surface area contributed by atoms with Crippen LogP contribution in [0.15, 0.2) is 29.2 Å². The standard InChI is InChI=1S/C11H13NO3S/c1-3-10(8-13)12-16(14,15)11-6-4-9(2)5-7-11/h1,4-7,10,12-13H,8H2,2H3/t10-/m0/s1. The molecule has 0 unspecified atom stereocenters. The highest BCUT2D eigenvalue weighted by Crippen LogP contribution is 2.10. The van der Waals surface area contributed by atoms with Gasteiger partial charge in [-0.3, -0.25) is 0 Å². The molecule has 1 atom stereocenters. The number of aliphatic hydroxyl groups excluding tert-OH is 1. The van der Waals surface area contributed by atoms with Gasteiger partial charge in [0.15, 0.2) is 0 Å². The molecule has 5 heteroatoms. The predicted molar refractivity (Wildman–Crippen MR) is 61.2 cm³/mol. The molecule has 0 amide bonds. The molecule has 0 aliphatic heterocycles. The number of hydrogen-bond donors (Lipinski definition) is 2. The fraction of sp³-hybridized carbons (Fsp3) is 0.273. The lowest BCUT2D eigenvalue weighted by molar-refractivity contribution is 0.280. The van der Waals surface area contributed by atoms with E-state index in [1.807, 2.05) is 6.92 Å². The molecule has 1 aromatic rings. The molecule has 0 spiro atoms. The molecule has 4 nitrogen and oxygen atoms in total. The Kier molecular flexibility index (Phi) is 4.07. The molecular formula is C11H13NO3S. The van der Waals surface area contributed by atoms with Crippen molar-refractivity contribution in [3.05, 3.63) is 29.8 Å². The highest BCUT2D eigenvalue weighted by Gasteiger charge is 2.17. The van der Waals surface area contributed by atoms with E-state index in [-0.39, 0.29) is 4.90 Å². The number of aliphatic hydroxyl groups is 1. The minimum atomic E-state index is -3.65. The molecule has 1 aromatic carbocycles. The van der Waals surface area contributed by atoms with E-state index < -0.39 is 22.7 Å². The molecule has 86 valence electrons. The zero-order valence-corrected chi connectivity index (χ0v) is 9.66. The molecule has 0 bridgehead atoms. The topological polar surface area (TPSA) is 66.4 Å². The molecule has 16 heavy (non-hydrogen) atoms. The SMILES string of the molecule is C#C[C@@H](CO)NS(=O)(=O)c1ccc(C)cc1. The molecule has 0 aliphatic carbocycles. The van der Waals surface area contributed by atoms with Gasteiger partial charge in [-0.05, 0) is 19.1 Å². The summed E-state index contributed by atoms with van der Waals surface area (Å²) in [4.78, 5) is 0.131. The van der Waals surface area contributed by atoms with Gasteiger partial charge in [0.2, 0.25) is 10.0 Å². The number of terminal acetylenes is 1. The van der Waals surface area contributed by atoms with Crippen LogP contribution in [0.1, 0.15) is 5.56 Å². The summed E-state index contributed by atoms with van der Waals surface area (Å²) in [7, 11) is -3.65. The second-order valence-corrected chi connectivity index (χ2v) is 5.05. The normalized spacial score (nSPS) is 13.1. The Balaban J connectivity index is 2.95. The summed E-state index contributed by atoms with van der Waals surface area (Å²) >= 11 is 0.